The normalized spacial score (nSPS) is 17.6. The first kappa shape index (κ1) is 16.2. The predicted octanol–water partition coefficient (Wildman–Crippen LogP) is 2.84. The molecule has 122 valence electrons. The molecule has 3 rings (SSSR count). The monoisotopic (exact) mass is 378 g/mol. The Labute approximate surface area is 143 Å². The summed E-state index contributed by atoms with van der Waals surface area (Å²) in [6, 6.07) is 5.10. The summed E-state index contributed by atoms with van der Waals surface area (Å²) in [6.07, 6.45) is 4.23. The first-order valence-corrected chi connectivity index (χ1v) is 8.81. The number of hydrogen-bond donors (Lipinski definition) is 0. The molecule has 2 heterocycles. The molecular weight excluding hydrogens is 360 g/mol. The van der Waals surface area contributed by atoms with E-state index in [-0.39, 0.29) is 17.7 Å². The number of benzene rings is 1. The zero-order valence-electron chi connectivity index (χ0n) is 12.9. The molecule has 0 spiro atoms. The van der Waals surface area contributed by atoms with Gasteiger partial charge < -0.3 is 4.90 Å². The lowest BCUT2D eigenvalue weighted by atomic mass is 10.1. The third kappa shape index (κ3) is 3.32. The smallest absolute Gasteiger partial charge is 0.261 e. The summed E-state index contributed by atoms with van der Waals surface area (Å²) in [6.45, 7) is 1.96. The van der Waals surface area contributed by atoms with Gasteiger partial charge in [-0.15, -0.1) is 0 Å². The number of carbonyl (C=O) groups is 3. The standard InChI is InChI=1S/C17H19BrN2O3/c18-12-6-7-13-14(11-12)17(23)20(16(13)22)10-4-5-15(21)19-8-2-1-3-9-19/h6-7,11H,1-5,8-10H2. The summed E-state index contributed by atoms with van der Waals surface area (Å²) in [7, 11) is 0. The Kier molecular flexibility index (Phi) is 4.80. The topological polar surface area (TPSA) is 57.7 Å². The van der Waals surface area contributed by atoms with Gasteiger partial charge in [-0.05, 0) is 43.9 Å². The minimum atomic E-state index is -0.267. The number of imide groups is 1. The molecule has 0 atom stereocenters. The zero-order chi connectivity index (χ0) is 16.4. The molecule has 0 aliphatic carbocycles. The zero-order valence-corrected chi connectivity index (χ0v) is 14.5. The molecule has 3 amide bonds. The van der Waals surface area contributed by atoms with E-state index in [1.165, 1.54) is 11.3 Å². The van der Waals surface area contributed by atoms with Crippen LogP contribution in [0.15, 0.2) is 22.7 Å². The number of amides is 3. The highest BCUT2D eigenvalue weighted by molar-refractivity contribution is 9.10. The van der Waals surface area contributed by atoms with E-state index in [0.717, 1.165) is 30.4 Å². The van der Waals surface area contributed by atoms with Gasteiger partial charge in [-0.25, -0.2) is 0 Å². The van der Waals surface area contributed by atoms with Crippen molar-refractivity contribution in [1.29, 1.82) is 0 Å². The maximum absolute atomic E-state index is 12.3. The quantitative estimate of drug-likeness (QED) is 0.756. The number of piperidine rings is 1. The highest BCUT2D eigenvalue weighted by Crippen LogP contribution is 2.26. The third-order valence-electron chi connectivity index (χ3n) is 4.41. The molecule has 1 aromatic rings. The first-order chi connectivity index (χ1) is 11.1. The number of halogens is 1. The highest BCUT2D eigenvalue weighted by atomic mass is 79.9. The fourth-order valence-corrected chi connectivity index (χ4v) is 3.52. The Balaban J connectivity index is 1.56. The van der Waals surface area contributed by atoms with Gasteiger partial charge in [0.15, 0.2) is 0 Å². The second-order valence-corrected chi connectivity index (χ2v) is 6.91. The van der Waals surface area contributed by atoms with Gasteiger partial charge >= 0.3 is 0 Å². The second kappa shape index (κ2) is 6.83. The number of rotatable bonds is 4. The maximum atomic E-state index is 12.3. The molecule has 2 aliphatic rings. The molecule has 5 nitrogen and oxygen atoms in total. The molecule has 0 radical (unpaired) electrons. The van der Waals surface area contributed by atoms with Gasteiger partial charge in [0.1, 0.15) is 0 Å². The van der Waals surface area contributed by atoms with E-state index < -0.39 is 0 Å². The van der Waals surface area contributed by atoms with E-state index in [0.29, 0.717) is 30.5 Å². The van der Waals surface area contributed by atoms with E-state index >= 15 is 0 Å². The largest absolute Gasteiger partial charge is 0.343 e. The van der Waals surface area contributed by atoms with Crippen LogP contribution in [0.3, 0.4) is 0 Å². The SMILES string of the molecule is O=C(CCCN1C(=O)c2ccc(Br)cc2C1=O)N1CCCCC1. The second-order valence-electron chi connectivity index (χ2n) is 6.00. The third-order valence-corrected chi connectivity index (χ3v) is 4.91. The van der Waals surface area contributed by atoms with E-state index in [1.54, 1.807) is 18.2 Å². The molecule has 1 fully saturated rings. The molecule has 6 heteroatoms. The van der Waals surface area contributed by atoms with Gasteiger partial charge in [0.2, 0.25) is 5.91 Å². The van der Waals surface area contributed by atoms with E-state index in [4.69, 9.17) is 0 Å². The summed E-state index contributed by atoms with van der Waals surface area (Å²) in [5.41, 5.74) is 0.882. The first-order valence-electron chi connectivity index (χ1n) is 8.01. The van der Waals surface area contributed by atoms with Gasteiger partial charge in [-0.2, -0.15) is 0 Å². The summed E-state index contributed by atoms with van der Waals surface area (Å²) < 4.78 is 0.777. The fourth-order valence-electron chi connectivity index (χ4n) is 3.16. The van der Waals surface area contributed by atoms with Gasteiger partial charge in [0.05, 0.1) is 11.1 Å². The fraction of sp³-hybridized carbons (Fsp3) is 0.471. The van der Waals surface area contributed by atoms with Crippen molar-refractivity contribution in [2.24, 2.45) is 0 Å². The van der Waals surface area contributed by atoms with Crippen LogP contribution in [0.4, 0.5) is 0 Å². The van der Waals surface area contributed by atoms with Crippen LogP contribution in [0.25, 0.3) is 0 Å². The number of carbonyl (C=O) groups excluding carboxylic acids is 3. The van der Waals surface area contributed by atoms with Crippen molar-refractivity contribution in [1.82, 2.24) is 9.80 Å². The van der Waals surface area contributed by atoms with Crippen LogP contribution in [0, 0.1) is 0 Å². The Morgan fingerprint density at radius 2 is 1.74 bits per heavy atom. The van der Waals surface area contributed by atoms with Crippen molar-refractivity contribution in [3.63, 3.8) is 0 Å². The lowest BCUT2D eigenvalue weighted by Crippen LogP contribution is -2.36. The molecule has 0 saturated carbocycles. The Morgan fingerprint density at radius 3 is 2.48 bits per heavy atom. The number of fused-ring (bicyclic) bond motifs is 1. The average Bonchev–Trinajstić information content (AvgIpc) is 2.80. The van der Waals surface area contributed by atoms with Crippen molar-refractivity contribution in [2.75, 3.05) is 19.6 Å². The van der Waals surface area contributed by atoms with Crippen molar-refractivity contribution in [2.45, 2.75) is 32.1 Å². The molecule has 0 unspecified atom stereocenters. The number of likely N-dealkylation sites (tertiary alicyclic amines) is 1. The summed E-state index contributed by atoms with van der Waals surface area (Å²) in [4.78, 5) is 39.9. The predicted molar refractivity (Wildman–Crippen MR) is 89.2 cm³/mol. The summed E-state index contributed by atoms with van der Waals surface area (Å²) in [5, 5.41) is 0. The van der Waals surface area contributed by atoms with Crippen molar-refractivity contribution in [3.05, 3.63) is 33.8 Å². The van der Waals surface area contributed by atoms with Crippen LogP contribution in [0.1, 0.15) is 52.8 Å². The lowest BCUT2D eigenvalue weighted by molar-refractivity contribution is -0.132. The van der Waals surface area contributed by atoms with Crippen LogP contribution in [-0.4, -0.2) is 47.2 Å². The van der Waals surface area contributed by atoms with Gasteiger partial charge in [-0.3, -0.25) is 19.3 Å². The molecule has 0 bridgehead atoms. The van der Waals surface area contributed by atoms with Crippen molar-refractivity contribution >= 4 is 33.7 Å². The van der Waals surface area contributed by atoms with E-state index in [2.05, 4.69) is 15.9 Å². The van der Waals surface area contributed by atoms with Gasteiger partial charge in [0, 0.05) is 30.5 Å². The van der Waals surface area contributed by atoms with Gasteiger partial charge in [0.25, 0.3) is 11.8 Å². The Bertz CT molecular complexity index is 653. The van der Waals surface area contributed by atoms with E-state index in [1.807, 2.05) is 4.90 Å². The van der Waals surface area contributed by atoms with E-state index in [9.17, 15) is 14.4 Å². The Morgan fingerprint density at radius 1 is 1.04 bits per heavy atom. The highest BCUT2D eigenvalue weighted by Gasteiger charge is 2.35. The van der Waals surface area contributed by atoms with Crippen LogP contribution in [0.2, 0.25) is 0 Å². The maximum Gasteiger partial charge on any atom is 0.261 e. The summed E-state index contributed by atoms with van der Waals surface area (Å²) >= 11 is 3.32. The summed E-state index contributed by atoms with van der Waals surface area (Å²) in [5.74, 6) is -0.399. The van der Waals surface area contributed by atoms with Crippen molar-refractivity contribution in [3.8, 4) is 0 Å². The molecule has 1 saturated heterocycles. The average molecular weight is 379 g/mol. The van der Waals surface area contributed by atoms with Crippen LogP contribution < -0.4 is 0 Å². The van der Waals surface area contributed by atoms with Gasteiger partial charge in [-0.1, -0.05) is 15.9 Å². The van der Waals surface area contributed by atoms with Crippen molar-refractivity contribution < 1.29 is 14.4 Å². The number of hydrogen-bond acceptors (Lipinski definition) is 3. The minimum absolute atomic E-state index is 0.129. The molecule has 1 aromatic carbocycles. The molecule has 0 N–H and O–H groups in total. The van der Waals surface area contributed by atoms with Crippen LogP contribution in [0.5, 0.6) is 0 Å². The minimum Gasteiger partial charge on any atom is -0.343 e. The van der Waals surface area contributed by atoms with Crippen LogP contribution in [-0.2, 0) is 4.79 Å². The Hall–Kier alpha value is -1.69. The molecule has 23 heavy (non-hydrogen) atoms. The molecular formula is C17H19BrN2O3. The molecule has 2 aliphatic heterocycles. The van der Waals surface area contributed by atoms with Crippen LogP contribution >= 0.6 is 15.9 Å². The lowest BCUT2D eigenvalue weighted by Gasteiger charge is -2.27. The number of nitrogens with zero attached hydrogens (tertiary/aromatic N) is 2. The molecule has 0 aromatic heterocycles.